The molecule has 2 rings (SSSR count). The molecule has 6 nitrogen and oxygen atoms in total. The van der Waals surface area contributed by atoms with E-state index in [9.17, 15) is 9.90 Å². The molecule has 0 amide bonds. The molecule has 1 aromatic rings. The molecular weight excluding hydrogens is 234 g/mol. The van der Waals surface area contributed by atoms with Crippen molar-refractivity contribution in [3.8, 4) is 0 Å². The Hall–Kier alpha value is -1.82. The molecule has 1 atom stereocenters. The van der Waals surface area contributed by atoms with Crippen LogP contribution in [0.15, 0.2) is 12.3 Å². The first kappa shape index (κ1) is 12.6. The van der Waals surface area contributed by atoms with Gasteiger partial charge in [-0.15, -0.1) is 0 Å². The van der Waals surface area contributed by atoms with Crippen LogP contribution in [0, 0.1) is 0 Å². The highest BCUT2D eigenvalue weighted by Gasteiger charge is 2.33. The van der Waals surface area contributed by atoms with Crippen LogP contribution >= 0.6 is 0 Å². The molecule has 3 N–H and O–H groups in total. The van der Waals surface area contributed by atoms with Gasteiger partial charge in [-0.1, -0.05) is 0 Å². The number of carbonyl (C=O) groups excluding carboxylic acids is 1. The van der Waals surface area contributed by atoms with Crippen molar-refractivity contribution >= 4 is 17.5 Å². The summed E-state index contributed by atoms with van der Waals surface area (Å²) in [6.07, 6.45) is 2.20. The van der Waals surface area contributed by atoms with Crippen molar-refractivity contribution in [3.63, 3.8) is 0 Å². The number of hydrogen-bond acceptors (Lipinski definition) is 6. The van der Waals surface area contributed by atoms with Crippen molar-refractivity contribution in [3.05, 3.63) is 17.8 Å². The van der Waals surface area contributed by atoms with Crippen molar-refractivity contribution in [1.82, 2.24) is 4.98 Å². The molecule has 0 aromatic carbocycles. The van der Waals surface area contributed by atoms with Crippen molar-refractivity contribution in [2.24, 2.45) is 0 Å². The van der Waals surface area contributed by atoms with E-state index in [2.05, 4.69) is 4.98 Å². The number of hydrogen-bond donors (Lipinski definition) is 2. The smallest absolute Gasteiger partial charge is 0.340 e. The number of aliphatic hydroxyl groups is 1. The second-order valence-electron chi connectivity index (χ2n) is 4.79. The zero-order chi connectivity index (χ0) is 13.3. The molecule has 1 aliphatic rings. The molecular formula is C12H17N3O3. The summed E-state index contributed by atoms with van der Waals surface area (Å²) in [5.41, 5.74) is 5.87. The molecule has 2 heterocycles. The van der Waals surface area contributed by atoms with Crippen LogP contribution in [-0.2, 0) is 4.74 Å². The summed E-state index contributed by atoms with van der Waals surface area (Å²) in [5, 5.41) is 9.96. The summed E-state index contributed by atoms with van der Waals surface area (Å²) in [6, 6.07) is 1.49. The van der Waals surface area contributed by atoms with Crippen molar-refractivity contribution in [2.45, 2.75) is 18.9 Å². The van der Waals surface area contributed by atoms with E-state index >= 15 is 0 Å². The van der Waals surface area contributed by atoms with E-state index in [0.29, 0.717) is 30.8 Å². The Morgan fingerprint density at radius 3 is 2.94 bits per heavy atom. The van der Waals surface area contributed by atoms with E-state index in [4.69, 9.17) is 10.5 Å². The second-order valence-corrected chi connectivity index (χ2v) is 4.79. The fraction of sp³-hybridized carbons (Fsp3) is 0.500. The Labute approximate surface area is 105 Å². The zero-order valence-electron chi connectivity index (χ0n) is 10.5. The number of aromatic nitrogens is 1. The number of nitrogens with two attached hydrogens (primary N) is 1. The summed E-state index contributed by atoms with van der Waals surface area (Å²) < 4.78 is 4.73. The fourth-order valence-corrected chi connectivity index (χ4v) is 2.14. The average Bonchev–Trinajstić information content (AvgIpc) is 2.68. The van der Waals surface area contributed by atoms with Crippen LogP contribution in [0.2, 0.25) is 0 Å². The van der Waals surface area contributed by atoms with Crippen molar-refractivity contribution < 1.29 is 14.6 Å². The van der Waals surface area contributed by atoms with Gasteiger partial charge in [0, 0.05) is 13.1 Å². The Balaban J connectivity index is 2.36. The highest BCUT2D eigenvalue weighted by Crippen LogP contribution is 2.29. The first-order chi connectivity index (χ1) is 8.43. The van der Waals surface area contributed by atoms with Gasteiger partial charge in [0.2, 0.25) is 0 Å². The number of pyridine rings is 1. The van der Waals surface area contributed by atoms with E-state index in [0.717, 1.165) is 0 Å². The van der Waals surface area contributed by atoms with Crippen LogP contribution < -0.4 is 10.6 Å². The lowest BCUT2D eigenvalue weighted by atomic mass is 10.1. The maximum atomic E-state index is 11.7. The number of carbonyl (C=O) groups is 1. The lowest BCUT2D eigenvalue weighted by Crippen LogP contribution is -2.30. The molecule has 1 aromatic heterocycles. The zero-order valence-corrected chi connectivity index (χ0v) is 10.5. The lowest BCUT2D eigenvalue weighted by molar-refractivity contribution is 0.0600. The van der Waals surface area contributed by atoms with Gasteiger partial charge < -0.3 is 20.5 Å². The lowest BCUT2D eigenvalue weighted by Gasteiger charge is -2.22. The van der Waals surface area contributed by atoms with Gasteiger partial charge in [0.05, 0.1) is 30.2 Å². The summed E-state index contributed by atoms with van der Waals surface area (Å²) in [7, 11) is 1.32. The molecule has 6 heteroatoms. The number of nitrogens with zero attached hydrogens (tertiary/aromatic N) is 2. The molecule has 0 aliphatic carbocycles. The van der Waals surface area contributed by atoms with Gasteiger partial charge in [-0.05, 0) is 19.4 Å². The Bertz CT molecular complexity index is 474. The average molecular weight is 251 g/mol. The third kappa shape index (κ3) is 2.38. The van der Waals surface area contributed by atoms with Crippen LogP contribution in [0.4, 0.5) is 11.5 Å². The molecule has 1 saturated heterocycles. The van der Waals surface area contributed by atoms with E-state index in [1.165, 1.54) is 13.2 Å². The van der Waals surface area contributed by atoms with Gasteiger partial charge in [0.25, 0.3) is 0 Å². The SMILES string of the molecule is COC(=O)c1cc(N)ncc1N1CCC(C)(O)C1. The molecule has 1 unspecified atom stereocenters. The number of ether oxygens (including phenoxy) is 1. The second kappa shape index (κ2) is 4.45. The highest BCUT2D eigenvalue weighted by atomic mass is 16.5. The molecule has 18 heavy (non-hydrogen) atoms. The number of methoxy groups -OCH3 is 1. The predicted octanol–water partition coefficient (Wildman–Crippen LogP) is 0.412. The quantitative estimate of drug-likeness (QED) is 0.740. The monoisotopic (exact) mass is 251 g/mol. The van der Waals surface area contributed by atoms with Gasteiger partial charge in [-0.2, -0.15) is 0 Å². The summed E-state index contributed by atoms with van der Waals surface area (Å²) >= 11 is 0. The first-order valence-corrected chi connectivity index (χ1v) is 5.74. The van der Waals surface area contributed by atoms with Gasteiger partial charge in [-0.3, -0.25) is 0 Å². The normalized spacial score (nSPS) is 23.2. The molecule has 0 spiro atoms. The highest BCUT2D eigenvalue weighted by molar-refractivity contribution is 5.96. The Kier molecular flexibility index (Phi) is 3.13. The fourth-order valence-electron chi connectivity index (χ4n) is 2.14. The third-order valence-corrected chi connectivity index (χ3v) is 3.10. The third-order valence-electron chi connectivity index (χ3n) is 3.10. The molecule has 98 valence electrons. The predicted molar refractivity (Wildman–Crippen MR) is 67.4 cm³/mol. The van der Waals surface area contributed by atoms with Crippen LogP contribution in [0.3, 0.4) is 0 Å². The standard InChI is InChI=1S/C12H17N3O3/c1-12(17)3-4-15(7-12)9-6-14-10(13)5-8(9)11(16)18-2/h5-6,17H,3-4,7H2,1-2H3,(H2,13,14). The Morgan fingerprint density at radius 2 is 2.39 bits per heavy atom. The van der Waals surface area contributed by atoms with Gasteiger partial charge in [0.15, 0.2) is 0 Å². The first-order valence-electron chi connectivity index (χ1n) is 5.74. The largest absolute Gasteiger partial charge is 0.465 e. The number of β-amino-alcohol motifs (C(OH)–C–C–N with tert-alkyl or cyclic N) is 1. The maximum absolute atomic E-state index is 11.7. The van der Waals surface area contributed by atoms with Gasteiger partial charge in [-0.25, -0.2) is 9.78 Å². The molecule has 0 saturated carbocycles. The molecule has 1 fully saturated rings. The van der Waals surface area contributed by atoms with E-state index in [1.54, 1.807) is 13.1 Å². The topological polar surface area (TPSA) is 88.7 Å². The minimum Gasteiger partial charge on any atom is -0.465 e. The summed E-state index contributed by atoms with van der Waals surface area (Å²) in [6.45, 7) is 2.90. The van der Waals surface area contributed by atoms with E-state index < -0.39 is 11.6 Å². The minimum atomic E-state index is -0.741. The van der Waals surface area contributed by atoms with Gasteiger partial charge >= 0.3 is 5.97 Å². The summed E-state index contributed by atoms with van der Waals surface area (Å²) in [5.74, 6) is -0.184. The van der Waals surface area contributed by atoms with Crippen molar-refractivity contribution in [2.75, 3.05) is 30.8 Å². The Morgan fingerprint density at radius 1 is 1.67 bits per heavy atom. The molecule has 0 radical (unpaired) electrons. The van der Waals surface area contributed by atoms with Crippen molar-refractivity contribution in [1.29, 1.82) is 0 Å². The van der Waals surface area contributed by atoms with Crippen LogP contribution in [-0.4, -0.2) is 41.9 Å². The molecule has 1 aliphatic heterocycles. The number of esters is 1. The number of rotatable bonds is 2. The maximum Gasteiger partial charge on any atom is 0.340 e. The van der Waals surface area contributed by atoms with Gasteiger partial charge in [0.1, 0.15) is 5.82 Å². The van der Waals surface area contributed by atoms with Crippen LogP contribution in [0.25, 0.3) is 0 Å². The number of nitrogen functional groups attached to an aromatic ring is 1. The minimum absolute atomic E-state index is 0.269. The molecule has 0 bridgehead atoms. The van der Waals surface area contributed by atoms with E-state index in [-0.39, 0.29) is 5.82 Å². The number of anilines is 2. The van der Waals surface area contributed by atoms with Crippen LogP contribution in [0.5, 0.6) is 0 Å². The van der Waals surface area contributed by atoms with E-state index in [1.807, 2.05) is 4.90 Å². The summed E-state index contributed by atoms with van der Waals surface area (Å²) in [4.78, 5) is 17.6. The van der Waals surface area contributed by atoms with Crippen LogP contribution in [0.1, 0.15) is 23.7 Å².